The van der Waals surface area contributed by atoms with Gasteiger partial charge in [0.25, 0.3) is 0 Å². The maximum atomic E-state index is 12.3. The lowest BCUT2D eigenvalue weighted by atomic mass is 10.2. The lowest BCUT2D eigenvalue weighted by molar-refractivity contribution is -0.149. The summed E-state index contributed by atoms with van der Waals surface area (Å²) in [4.78, 5) is 16.0. The van der Waals surface area contributed by atoms with E-state index < -0.39 is 19.6 Å². The molecule has 2 aliphatic rings. The second kappa shape index (κ2) is 6.33. The Labute approximate surface area is 168 Å². The first-order valence-corrected chi connectivity index (χ1v) is 13.1. The number of nitriles is 1. The normalized spacial score (nSPS) is 17.1. The zero-order valence-electron chi connectivity index (χ0n) is 15.9. The molecule has 27 heavy (non-hydrogen) atoms. The molecular formula is C20H22N2O2S2Si. The first-order chi connectivity index (χ1) is 12.8. The molecule has 140 valence electrons. The number of nitrogens with one attached hydrogen (secondary N) is 1. The van der Waals surface area contributed by atoms with Gasteiger partial charge in [0.05, 0.1) is 5.00 Å². The van der Waals surface area contributed by atoms with Gasteiger partial charge in [0.2, 0.25) is 0 Å². The van der Waals surface area contributed by atoms with Gasteiger partial charge in [-0.25, -0.2) is 4.79 Å². The molecule has 7 heteroatoms. The van der Waals surface area contributed by atoms with Crippen LogP contribution in [-0.4, -0.2) is 26.7 Å². The second-order valence-corrected chi connectivity index (χ2v) is 14.5. The summed E-state index contributed by atoms with van der Waals surface area (Å²) in [5.41, 5.74) is -0.542. The van der Waals surface area contributed by atoms with Gasteiger partial charge in [-0.2, -0.15) is 5.26 Å². The Hall–Kier alpha value is -1.88. The summed E-state index contributed by atoms with van der Waals surface area (Å²) in [5.74, 6) is -0.552. The van der Waals surface area contributed by atoms with Crippen molar-refractivity contribution in [3.05, 3.63) is 22.6 Å². The molecule has 2 aromatic rings. The summed E-state index contributed by atoms with van der Waals surface area (Å²) < 4.78 is 5.37. The van der Waals surface area contributed by atoms with Crippen LogP contribution in [0.1, 0.15) is 32.1 Å². The molecule has 1 spiro atoms. The fourth-order valence-corrected chi connectivity index (χ4v) is 12.2. The van der Waals surface area contributed by atoms with Crippen molar-refractivity contribution < 1.29 is 9.53 Å². The molecule has 2 aliphatic heterocycles. The van der Waals surface area contributed by atoms with Crippen LogP contribution >= 0.6 is 22.7 Å². The Balaban J connectivity index is 1.73. The number of anilines is 1. The van der Waals surface area contributed by atoms with E-state index in [1.165, 1.54) is 38.5 Å². The van der Waals surface area contributed by atoms with Crippen LogP contribution in [-0.2, 0) is 9.53 Å². The molecule has 1 saturated heterocycles. The van der Waals surface area contributed by atoms with Gasteiger partial charge >= 0.3 is 5.97 Å². The van der Waals surface area contributed by atoms with Crippen LogP contribution < -0.4 is 15.7 Å². The van der Waals surface area contributed by atoms with Crippen LogP contribution in [0, 0.1) is 11.3 Å². The van der Waals surface area contributed by atoms with Gasteiger partial charge in [0.15, 0.2) is 0 Å². The number of thiophene rings is 2. The quantitative estimate of drug-likeness (QED) is 0.356. The molecular weight excluding hydrogens is 392 g/mol. The van der Waals surface area contributed by atoms with Crippen molar-refractivity contribution >= 4 is 58.2 Å². The molecule has 4 rings (SSSR count). The largest absolute Gasteiger partial charge is 0.456 e. The van der Waals surface area contributed by atoms with E-state index in [0.29, 0.717) is 0 Å². The molecule has 2 aromatic heterocycles. The van der Waals surface area contributed by atoms with Crippen molar-refractivity contribution in [2.24, 2.45) is 0 Å². The van der Waals surface area contributed by atoms with E-state index in [0.717, 1.165) is 4.88 Å². The van der Waals surface area contributed by atoms with E-state index >= 15 is 0 Å². The van der Waals surface area contributed by atoms with Crippen LogP contribution in [0.3, 0.4) is 0 Å². The Morgan fingerprint density at radius 3 is 2.48 bits per heavy atom. The molecule has 0 bridgehead atoms. The number of hydrogen-bond donors (Lipinski definition) is 1. The third-order valence-corrected chi connectivity index (χ3v) is 13.2. The summed E-state index contributed by atoms with van der Waals surface area (Å²) in [5, 5.41) is 17.1. The number of esters is 1. The van der Waals surface area contributed by atoms with Gasteiger partial charge in [-0.1, -0.05) is 6.42 Å². The van der Waals surface area contributed by atoms with Crippen LogP contribution in [0.15, 0.2) is 17.7 Å². The maximum Gasteiger partial charge on any atom is 0.349 e. The number of nitrogens with zero attached hydrogens (tertiary/aromatic N) is 1. The van der Waals surface area contributed by atoms with Gasteiger partial charge in [0.1, 0.15) is 25.3 Å². The summed E-state index contributed by atoms with van der Waals surface area (Å²) in [6, 6.07) is 9.23. The SMILES string of the molecule is CNc1cc2c(s1)-c1sc(/C=C(\C#N)C(=O)OC(C)(C)C)cc1[Si]21CCC1. The molecule has 0 saturated carbocycles. The molecule has 4 heterocycles. The summed E-state index contributed by atoms with van der Waals surface area (Å²) in [7, 11) is 0.402. The van der Waals surface area contributed by atoms with Crippen molar-refractivity contribution in [3.63, 3.8) is 0 Å². The number of carbonyl (C=O) groups excluding carboxylic acids is 1. The summed E-state index contributed by atoms with van der Waals surface area (Å²) >= 11 is 3.53. The van der Waals surface area contributed by atoms with E-state index in [2.05, 4.69) is 17.4 Å². The van der Waals surface area contributed by atoms with Crippen molar-refractivity contribution in [1.82, 2.24) is 0 Å². The molecule has 0 radical (unpaired) electrons. The van der Waals surface area contributed by atoms with Gasteiger partial charge in [-0.05, 0) is 61.4 Å². The summed E-state index contributed by atoms with van der Waals surface area (Å²) in [6.07, 6.45) is 3.00. The molecule has 0 aliphatic carbocycles. The predicted molar refractivity (Wildman–Crippen MR) is 116 cm³/mol. The van der Waals surface area contributed by atoms with Crippen molar-refractivity contribution in [3.8, 4) is 15.8 Å². The van der Waals surface area contributed by atoms with Crippen LogP contribution in [0.5, 0.6) is 0 Å². The minimum atomic E-state index is -1.57. The molecule has 1 N–H and O–H groups in total. The third-order valence-electron chi connectivity index (χ3n) is 5.20. The lowest BCUT2D eigenvalue weighted by Gasteiger charge is -2.37. The first kappa shape index (κ1) is 18.5. The zero-order valence-corrected chi connectivity index (χ0v) is 18.6. The minimum absolute atomic E-state index is 0.0662. The highest BCUT2D eigenvalue weighted by atomic mass is 32.1. The highest BCUT2D eigenvalue weighted by Crippen LogP contribution is 2.47. The predicted octanol–water partition coefficient (Wildman–Crippen LogP) is 4.05. The fourth-order valence-electron chi connectivity index (χ4n) is 3.87. The van der Waals surface area contributed by atoms with E-state index in [4.69, 9.17) is 4.74 Å². The van der Waals surface area contributed by atoms with Gasteiger partial charge < -0.3 is 10.1 Å². The van der Waals surface area contributed by atoms with E-state index in [1.54, 1.807) is 22.6 Å². The van der Waals surface area contributed by atoms with Crippen molar-refractivity contribution in [2.45, 2.75) is 44.9 Å². The van der Waals surface area contributed by atoms with Crippen molar-refractivity contribution in [1.29, 1.82) is 5.26 Å². The average molecular weight is 415 g/mol. The molecule has 1 fully saturated rings. The van der Waals surface area contributed by atoms with Crippen molar-refractivity contribution in [2.75, 3.05) is 12.4 Å². The Kier molecular flexibility index (Phi) is 4.33. The number of hydrogen-bond acceptors (Lipinski definition) is 6. The smallest absolute Gasteiger partial charge is 0.349 e. The fraction of sp³-hybridized carbons (Fsp3) is 0.400. The standard InChI is InChI=1S/C20H22N2O2S2Si/c1-20(2,3)24-19(23)12(11-21)8-13-9-14-17(25-13)18-15(10-16(22-4)26-18)27(14)6-5-7-27/h8-10,22H,5-7H2,1-4H3/b12-8+. The first-order valence-electron chi connectivity index (χ1n) is 9.09. The average Bonchev–Trinajstić information content (AvgIpc) is 3.18. The van der Waals surface area contributed by atoms with Crippen LogP contribution in [0.4, 0.5) is 5.00 Å². The molecule has 0 amide bonds. The molecule has 0 atom stereocenters. The van der Waals surface area contributed by atoms with Gasteiger partial charge in [0, 0.05) is 21.7 Å². The topological polar surface area (TPSA) is 62.1 Å². The van der Waals surface area contributed by atoms with Crippen LogP contribution in [0.2, 0.25) is 12.1 Å². The minimum Gasteiger partial charge on any atom is -0.456 e. The Bertz CT molecular complexity index is 1000. The molecule has 0 aromatic carbocycles. The monoisotopic (exact) mass is 414 g/mol. The molecule has 4 nitrogen and oxygen atoms in total. The highest BCUT2D eigenvalue weighted by Gasteiger charge is 2.51. The Morgan fingerprint density at radius 1 is 1.26 bits per heavy atom. The zero-order chi connectivity index (χ0) is 19.4. The number of rotatable bonds is 3. The van der Waals surface area contributed by atoms with E-state index in [-0.39, 0.29) is 5.57 Å². The van der Waals surface area contributed by atoms with Gasteiger partial charge in [-0.15, -0.1) is 22.7 Å². The maximum absolute atomic E-state index is 12.3. The third kappa shape index (κ3) is 2.96. The number of fused-ring (bicyclic) bond motifs is 5. The summed E-state index contributed by atoms with van der Waals surface area (Å²) in [6.45, 7) is 5.43. The van der Waals surface area contributed by atoms with Crippen LogP contribution in [0.25, 0.3) is 15.8 Å². The van der Waals surface area contributed by atoms with E-state index in [1.807, 2.05) is 45.2 Å². The number of carbonyl (C=O) groups is 1. The highest BCUT2D eigenvalue weighted by molar-refractivity contribution is 7.31. The lowest BCUT2D eigenvalue weighted by Crippen LogP contribution is -2.59. The Morgan fingerprint density at radius 2 is 1.93 bits per heavy atom. The second-order valence-electron chi connectivity index (χ2n) is 8.10. The number of ether oxygens (including phenoxy) is 1. The van der Waals surface area contributed by atoms with Gasteiger partial charge in [-0.3, -0.25) is 0 Å². The van der Waals surface area contributed by atoms with E-state index in [9.17, 15) is 10.1 Å². The molecule has 0 unspecified atom stereocenters.